The summed E-state index contributed by atoms with van der Waals surface area (Å²) in [4.78, 5) is 24.9. The SMILES string of the molecule is CCCCCCCCCCCC(=O)OC(C)CC(=O)C1=C(C)CCCC1(C)C. The number of carbonyl (C=O) groups is 2. The number of rotatable bonds is 14. The molecule has 1 rings (SSSR count). The maximum atomic E-state index is 12.8. The second kappa shape index (κ2) is 13.2. The molecule has 1 aliphatic rings. The van der Waals surface area contributed by atoms with E-state index in [1.807, 2.05) is 6.92 Å². The Morgan fingerprint density at radius 2 is 1.57 bits per heavy atom. The van der Waals surface area contributed by atoms with Crippen molar-refractivity contribution in [1.82, 2.24) is 0 Å². The fourth-order valence-corrected chi connectivity index (χ4v) is 4.51. The van der Waals surface area contributed by atoms with Gasteiger partial charge in [0.25, 0.3) is 0 Å². The molecule has 3 nitrogen and oxygen atoms in total. The van der Waals surface area contributed by atoms with Crippen LogP contribution in [0.15, 0.2) is 11.1 Å². The van der Waals surface area contributed by atoms with Crippen LogP contribution < -0.4 is 0 Å². The van der Waals surface area contributed by atoms with Crippen LogP contribution in [-0.4, -0.2) is 17.9 Å². The van der Waals surface area contributed by atoms with Crippen LogP contribution in [0.5, 0.6) is 0 Å². The maximum absolute atomic E-state index is 12.8. The molecular formula is C25H44O3. The van der Waals surface area contributed by atoms with E-state index < -0.39 is 0 Å². The minimum absolute atomic E-state index is 0.0559. The lowest BCUT2D eigenvalue weighted by atomic mass is 9.70. The van der Waals surface area contributed by atoms with Gasteiger partial charge < -0.3 is 4.74 Å². The fraction of sp³-hybridized carbons (Fsp3) is 0.840. The molecule has 0 aromatic carbocycles. The number of allylic oxidation sites excluding steroid dienone is 2. The number of ketones is 1. The third kappa shape index (κ3) is 9.39. The molecule has 162 valence electrons. The molecule has 0 fully saturated rings. The van der Waals surface area contributed by atoms with Crippen LogP contribution in [0.1, 0.15) is 125 Å². The molecule has 0 bridgehead atoms. The van der Waals surface area contributed by atoms with Crippen LogP contribution in [0.2, 0.25) is 0 Å². The van der Waals surface area contributed by atoms with Crippen LogP contribution in [0.3, 0.4) is 0 Å². The van der Waals surface area contributed by atoms with E-state index in [9.17, 15) is 9.59 Å². The van der Waals surface area contributed by atoms with E-state index >= 15 is 0 Å². The predicted molar refractivity (Wildman–Crippen MR) is 117 cm³/mol. The summed E-state index contributed by atoms with van der Waals surface area (Å²) in [7, 11) is 0. The van der Waals surface area contributed by atoms with Gasteiger partial charge in [0.2, 0.25) is 0 Å². The summed E-state index contributed by atoms with van der Waals surface area (Å²) in [5.41, 5.74) is 2.13. The molecule has 1 atom stereocenters. The molecule has 0 amide bonds. The highest BCUT2D eigenvalue weighted by molar-refractivity contribution is 5.97. The van der Waals surface area contributed by atoms with Crippen LogP contribution in [0.4, 0.5) is 0 Å². The molecule has 0 aromatic rings. The highest BCUT2D eigenvalue weighted by atomic mass is 16.5. The second-order valence-corrected chi connectivity index (χ2v) is 9.40. The molecule has 1 unspecified atom stereocenters. The number of ether oxygens (including phenoxy) is 1. The van der Waals surface area contributed by atoms with E-state index in [1.54, 1.807) is 0 Å². The van der Waals surface area contributed by atoms with E-state index in [2.05, 4.69) is 27.7 Å². The molecule has 0 heterocycles. The lowest BCUT2D eigenvalue weighted by molar-refractivity contribution is -0.149. The van der Waals surface area contributed by atoms with Gasteiger partial charge in [-0.15, -0.1) is 0 Å². The molecule has 1 aliphatic carbocycles. The predicted octanol–water partition coefficient (Wildman–Crippen LogP) is 7.32. The molecule has 0 aromatic heterocycles. The Kier molecular flexibility index (Phi) is 11.7. The van der Waals surface area contributed by atoms with Gasteiger partial charge in [-0.25, -0.2) is 0 Å². The smallest absolute Gasteiger partial charge is 0.306 e. The third-order valence-electron chi connectivity index (χ3n) is 6.03. The Labute approximate surface area is 173 Å². The van der Waals surface area contributed by atoms with E-state index in [-0.39, 0.29) is 23.3 Å². The quantitative estimate of drug-likeness (QED) is 0.230. The summed E-state index contributed by atoms with van der Waals surface area (Å²) < 4.78 is 5.50. The van der Waals surface area contributed by atoms with Crippen molar-refractivity contribution in [3.8, 4) is 0 Å². The Morgan fingerprint density at radius 3 is 2.14 bits per heavy atom. The lowest BCUT2D eigenvalue weighted by Gasteiger charge is -2.34. The second-order valence-electron chi connectivity index (χ2n) is 9.40. The molecular weight excluding hydrogens is 348 g/mol. The molecule has 0 saturated carbocycles. The summed E-state index contributed by atoms with van der Waals surface area (Å²) >= 11 is 0. The lowest BCUT2D eigenvalue weighted by Crippen LogP contribution is -2.29. The highest BCUT2D eigenvalue weighted by Crippen LogP contribution is 2.41. The molecule has 0 N–H and O–H groups in total. The zero-order chi connectivity index (χ0) is 21.0. The summed E-state index contributed by atoms with van der Waals surface area (Å²) in [6.07, 6.45) is 14.8. The van der Waals surface area contributed by atoms with Crippen LogP contribution in [-0.2, 0) is 14.3 Å². The van der Waals surface area contributed by atoms with Crippen molar-refractivity contribution >= 4 is 11.8 Å². The summed E-state index contributed by atoms with van der Waals surface area (Å²) in [5.74, 6) is 0.00225. The zero-order valence-corrected chi connectivity index (χ0v) is 19.2. The first-order valence-electron chi connectivity index (χ1n) is 11.7. The number of carbonyl (C=O) groups excluding carboxylic acids is 2. The van der Waals surface area contributed by atoms with Crippen molar-refractivity contribution < 1.29 is 14.3 Å². The molecule has 28 heavy (non-hydrogen) atoms. The summed E-state index contributed by atoms with van der Waals surface area (Å²) in [6, 6.07) is 0. The Bertz CT molecular complexity index is 516. The largest absolute Gasteiger partial charge is 0.462 e. The van der Waals surface area contributed by atoms with Crippen molar-refractivity contribution in [2.75, 3.05) is 0 Å². The van der Waals surface area contributed by atoms with Crippen LogP contribution in [0.25, 0.3) is 0 Å². The standard InChI is InChI=1S/C25H44O3/c1-6-7-8-9-10-11-12-13-14-17-23(27)28-21(3)19-22(26)24-20(2)16-15-18-25(24,4)5/h21H,6-19H2,1-5H3. The van der Waals surface area contributed by atoms with E-state index in [0.717, 1.165) is 37.7 Å². The summed E-state index contributed by atoms with van der Waals surface area (Å²) in [6.45, 7) is 10.5. The van der Waals surface area contributed by atoms with Gasteiger partial charge in [-0.3, -0.25) is 9.59 Å². The molecule has 0 aliphatic heterocycles. The Hall–Kier alpha value is -1.12. The third-order valence-corrected chi connectivity index (χ3v) is 6.03. The van der Waals surface area contributed by atoms with Crippen LogP contribution >= 0.6 is 0 Å². The zero-order valence-electron chi connectivity index (χ0n) is 19.2. The van der Waals surface area contributed by atoms with Crippen molar-refractivity contribution in [1.29, 1.82) is 0 Å². The number of hydrogen-bond acceptors (Lipinski definition) is 3. The normalized spacial score (nSPS) is 17.5. The first-order chi connectivity index (χ1) is 13.3. The topological polar surface area (TPSA) is 43.4 Å². The first-order valence-corrected chi connectivity index (χ1v) is 11.7. The average Bonchev–Trinajstić information content (AvgIpc) is 2.59. The van der Waals surface area contributed by atoms with Gasteiger partial charge >= 0.3 is 5.97 Å². The number of esters is 1. The number of unbranched alkanes of at least 4 members (excludes halogenated alkanes) is 8. The minimum atomic E-state index is -0.336. The van der Waals surface area contributed by atoms with Gasteiger partial charge in [0, 0.05) is 12.8 Å². The monoisotopic (exact) mass is 392 g/mol. The van der Waals surface area contributed by atoms with Crippen molar-refractivity contribution in [3.63, 3.8) is 0 Å². The molecule has 0 saturated heterocycles. The van der Waals surface area contributed by atoms with E-state index in [4.69, 9.17) is 4.74 Å². The maximum Gasteiger partial charge on any atom is 0.306 e. The summed E-state index contributed by atoms with van der Waals surface area (Å²) in [5, 5.41) is 0. The average molecular weight is 393 g/mol. The van der Waals surface area contributed by atoms with Crippen LogP contribution in [0, 0.1) is 5.41 Å². The van der Waals surface area contributed by atoms with Gasteiger partial charge in [0.15, 0.2) is 5.78 Å². The number of Topliss-reactive ketones (excluding diaryl/α,β-unsaturated/α-hetero) is 1. The van der Waals surface area contributed by atoms with Gasteiger partial charge in [0.05, 0.1) is 0 Å². The Balaban J connectivity index is 2.22. The Morgan fingerprint density at radius 1 is 1.00 bits per heavy atom. The van der Waals surface area contributed by atoms with Crippen molar-refractivity contribution in [2.24, 2.45) is 5.41 Å². The molecule has 0 spiro atoms. The van der Waals surface area contributed by atoms with Crippen molar-refractivity contribution in [2.45, 2.75) is 131 Å². The van der Waals surface area contributed by atoms with Gasteiger partial charge in [-0.1, -0.05) is 77.7 Å². The van der Waals surface area contributed by atoms with Gasteiger partial charge in [-0.05, 0) is 50.5 Å². The van der Waals surface area contributed by atoms with Gasteiger partial charge in [-0.2, -0.15) is 0 Å². The van der Waals surface area contributed by atoms with E-state index in [0.29, 0.717) is 12.8 Å². The van der Waals surface area contributed by atoms with E-state index in [1.165, 1.54) is 50.5 Å². The first kappa shape index (κ1) is 24.9. The molecule has 3 heteroatoms. The highest BCUT2D eigenvalue weighted by Gasteiger charge is 2.33. The minimum Gasteiger partial charge on any atom is -0.462 e. The number of hydrogen-bond donors (Lipinski definition) is 0. The van der Waals surface area contributed by atoms with Gasteiger partial charge in [0.1, 0.15) is 6.10 Å². The molecule has 0 radical (unpaired) electrons. The van der Waals surface area contributed by atoms with Crippen molar-refractivity contribution in [3.05, 3.63) is 11.1 Å². The fourth-order valence-electron chi connectivity index (χ4n) is 4.51.